The van der Waals surface area contributed by atoms with Crippen LogP contribution in [0.5, 0.6) is 0 Å². The fourth-order valence-corrected chi connectivity index (χ4v) is 5.49. The molecule has 0 heterocycles. The zero-order chi connectivity index (χ0) is 37.1. The molecule has 0 aromatic heterocycles. The number of carbonyl (C=O) groups is 3. The number of phosphoric acid groups is 1. The minimum Gasteiger partial charge on any atom is -0.480 e. The van der Waals surface area contributed by atoms with Crippen LogP contribution in [0.2, 0.25) is 0 Å². The number of phosphoric ester groups is 1. The Labute approximate surface area is 301 Å². The van der Waals surface area contributed by atoms with Crippen molar-refractivity contribution in [3.8, 4) is 0 Å². The molecule has 0 fully saturated rings. The van der Waals surface area contributed by atoms with Gasteiger partial charge in [0.25, 0.3) is 0 Å². The SMILES string of the molecule is CC/C=C\C/C=C\C/C=C\C/C=C\CCCCC(=O)NC(COP(=O)(O)OCC(O)COC(=O)CCCCCCCCCCCCC)C(=O)O. The van der Waals surface area contributed by atoms with Gasteiger partial charge in [-0.15, -0.1) is 0 Å². The Bertz CT molecular complexity index is 1040. The molecule has 0 saturated heterocycles. The molecule has 288 valence electrons. The van der Waals surface area contributed by atoms with E-state index in [1.54, 1.807) is 0 Å². The highest BCUT2D eigenvalue weighted by atomic mass is 31.2. The Hall–Kier alpha value is -2.56. The van der Waals surface area contributed by atoms with Gasteiger partial charge >= 0.3 is 19.8 Å². The van der Waals surface area contributed by atoms with E-state index in [2.05, 4.69) is 61.7 Å². The number of allylic oxidation sites excluding steroid dienone is 8. The minimum atomic E-state index is -4.76. The number of ether oxygens (including phenoxy) is 1. The number of aliphatic hydroxyl groups excluding tert-OH is 1. The molecule has 1 amide bonds. The highest BCUT2D eigenvalue weighted by Gasteiger charge is 2.28. The Morgan fingerprint density at radius 1 is 0.660 bits per heavy atom. The van der Waals surface area contributed by atoms with Crippen LogP contribution in [0, 0.1) is 0 Å². The second kappa shape index (κ2) is 33.6. The maximum absolute atomic E-state index is 12.2. The van der Waals surface area contributed by atoms with Crippen molar-refractivity contribution < 1.29 is 47.8 Å². The van der Waals surface area contributed by atoms with Crippen LogP contribution in [0.4, 0.5) is 0 Å². The van der Waals surface area contributed by atoms with Crippen molar-refractivity contribution in [2.45, 2.75) is 154 Å². The predicted molar refractivity (Wildman–Crippen MR) is 199 cm³/mol. The van der Waals surface area contributed by atoms with Crippen LogP contribution < -0.4 is 5.32 Å². The van der Waals surface area contributed by atoms with Crippen LogP contribution in [0.3, 0.4) is 0 Å². The van der Waals surface area contributed by atoms with E-state index in [4.69, 9.17) is 13.8 Å². The normalized spacial score (nSPS) is 14.5. The number of rotatable bonds is 34. The summed E-state index contributed by atoms with van der Waals surface area (Å²) >= 11 is 0. The molecule has 11 nitrogen and oxygen atoms in total. The summed E-state index contributed by atoms with van der Waals surface area (Å²) in [6, 6.07) is -1.57. The highest BCUT2D eigenvalue weighted by molar-refractivity contribution is 7.47. The van der Waals surface area contributed by atoms with Crippen molar-refractivity contribution in [3.63, 3.8) is 0 Å². The summed E-state index contributed by atoms with van der Waals surface area (Å²) in [5.41, 5.74) is 0. The molecular weight excluding hydrogens is 661 g/mol. The molecule has 3 atom stereocenters. The third kappa shape index (κ3) is 32.6. The van der Waals surface area contributed by atoms with Crippen molar-refractivity contribution in [1.82, 2.24) is 5.32 Å². The van der Waals surface area contributed by atoms with Crippen molar-refractivity contribution in [2.75, 3.05) is 19.8 Å². The average Bonchev–Trinajstić information content (AvgIpc) is 3.08. The number of esters is 1. The molecule has 0 aliphatic carbocycles. The number of nitrogens with one attached hydrogen (secondary N) is 1. The summed E-state index contributed by atoms with van der Waals surface area (Å²) in [6.45, 7) is 2.40. The third-order valence-electron chi connectivity index (χ3n) is 7.63. The van der Waals surface area contributed by atoms with Gasteiger partial charge in [-0.1, -0.05) is 127 Å². The number of hydrogen-bond acceptors (Lipinski definition) is 8. The summed E-state index contributed by atoms with van der Waals surface area (Å²) in [7, 11) is -4.76. The topological polar surface area (TPSA) is 169 Å². The summed E-state index contributed by atoms with van der Waals surface area (Å²) in [4.78, 5) is 45.6. The van der Waals surface area contributed by atoms with E-state index in [1.165, 1.54) is 44.9 Å². The number of carboxylic acid groups (broad SMARTS) is 1. The number of amides is 1. The molecule has 0 spiro atoms. The van der Waals surface area contributed by atoms with Crippen LogP contribution in [0.25, 0.3) is 0 Å². The van der Waals surface area contributed by atoms with E-state index in [1.807, 2.05) is 6.08 Å². The van der Waals surface area contributed by atoms with Gasteiger partial charge in [-0.25, -0.2) is 9.36 Å². The summed E-state index contributed by atoms with van der Waals surface area (Å²) in [5.74, 6) is -2.44. The van der Waals surface area contributed by atoms with E-state index in [9.17, 15) is 34.1 Å². The van der Waals surface area contributed by atoms with E-state index < -0.39 is 57.6 Å². The molecule has 12 heteroatoms. The van der Waals surface area contributed by atoms with Crippen LogP contribution >= 0.6 is 7.82 Å². The van der Waals surface area contributed by atoms with Gasteiger partial charge in [0.15, 0.2) is 6.04 Å². The van der Waals surface area contributed by atoms with Crippen molar-refractivity contribution in [3.05, 3.63) is 48.6 Å². The molecule has 0 rings (SSSR count). The molecule has 3 unspecified atom stereocenters. The van der Waals surface area contributed by atoms with Gasteiger partial charge in [-0.2, -0.15) is 0 Å². The van der Waals surface area contributed by atoms with Gasteiger partial charge in [0.05, 0.1) is 13.2 Å². The van der Waals surface area contributed by atoms with Gasteiger partial charge in [0.2, 0.25) is 5.91 Å². The highest BCUT2D eigenvalue weighted by Crippen LogP contribution is 2.43. The summed E-state index contributed by atoms with van der Waals surface area (Å²) in [6.07, 6.45) is 34.4. The first-order chi connectivity index (χ1) is 24.1. The molecule has 0 bridgehead atoms. The van der Waals surface area contributed by atoms with Gasteiger partial charge in [-0.3, -0.25) is 18.6 Å². The predicted octanol–water partition coefficient (Wildman–Crippen LogP) is 8.66. The average molecular weight is 728 g/mol. The standard InChI is InChI=1S/C38H66NO10P/c1-3-5-7-9-11-13-15-16-17-18-20-21-23-25-27-29-36(41)39-35(38(43)44)33-49-50(45,46)48-32-34(40)31-47-37(42)30-28-26-24-22-19-14-12-10-8-6-4-2/h5,7,11,13,16-17,20-21,34-35,40H,3-4,6,8-10,12,14-15,18-19,22-33H2,1-2H3,(H,39,41)(H,43,44)(H,45,46)/b7-5-,13-11-,17-16-,21-20-. The Morgan fingerprint density at radius 3 is 1.72 bits per heavy atom. The number of unbranched alkanes of at least 4 members (excludes halogenated alkanes) is 12. The molecule has 4 N–H and O–H groups in total. The van der Waals surface area contributed by atoms with Crippen LogP contribution in [0.15, 0.2) is 48.6 Å². The van der Waals surface area contributed by atoms with Crippen molar-refractivity contribution >= 4 is 25.7 Å². The Morgan fingerprint density at radius 2 is 1.16 bits per heavy atom. The van der Waals surface area contributed by atoms with E-state index >= 15 is 0 Å². The number of carbonyl (C=O) groups excluding carboxylic acids is 2. The molecular formula is C38H66NO10P. The minimum absolute atomic E-state index is 0.0920. The summed E-state index contributed by atoms with van der Waals surface area (Å²) in [5, 5.41) is 21.7. The zero-order valence-electron chi connectivity index (χ0n) is 30.7. The molecule has 0 aliphatic heterocycles. The third-order valence-corrected chi connectivity index (χ3v) is 8.58. The van der Waals surface area contributed by atoms with Crippen molar-refractivity contribution in [2.24, 2.45) is 0 Å². The lowest BCUT2D eigenvalue weighted by molar-refractivity contribution is -0.147. The van der Waals surface area contributed by atoms with Gasteiger partial charge in [-0.05, 0) is 51.4 Å². The lowest BCUT2D eigenvalue weighted by atomic mass is 10.1. The first-order valence-corrected chi connectivity index (χ1v) is 20.2. The lowest BCUT2D eigenvalue weighted by Crippen LogP contribution is -2.43. The summed E-state index contributed by atoms with van der Waals surface area (Å²) < 4.78 is 26.7. The van der Waals surface area contributed by atoms with Crippen LogP contribution in [-0.2, 0) is 32.7 Å². The van der Waals surface area contributed by atoms with E-state index in [0.29, 0.717) is 12.8 Å². The fourth-order valence-electron chi connectivity index (χ4n) is 4.72. The van der Waals surface area contributed by atoms with Crippen LogP contribution in [-0.4, -0.2) is 64.9 Å². The van der Waals surface area contributed by atoms with Crippen LogP contribution in [0.1, 0.15) is 142 Å². The Kier molecular flexibility index (Phi) is 31.9. The number of carboxylic acids is 1. The first-order valence-electron chi connectivity index (χ1n) is 18.7. The van der Waals surface area contributed by atoms with E-state index in [0.717, 1.165) is 57.8 Å². The maximum atomic E-state index is 12.2. The quantitative estimate of drug-likeness (QED) is 0.0218. The van der Waals surface area contributed by atoms with Gasteiger partial charge in [0.1, 0.15) is 12.7 Å². The number of hydrogen-bond donors (Lipinski definition) is 4. The van der Waals surface area contributed by atoms with Gasteiger partial charge in [0, 0.05) is 12.8 Å². The number of aliphatic hydroxyl groups is 1. The molecule has 50 heavy (non-hydrogen) atoms. The molecule has 0 radical (unpaired) electrons. The second-order valence-corrected chi connectivity index (χ2v) is 13.8. The largest absolute Gasteiger partial charge is 0.480 e. The monoisotopic (exact) mass is 727 g/mol. The second-order valence-electron chi connectivity index (χ2n) is 12.4. The van der Waals surface area contributed by atoms with E-state index in [-0.39, 0.29) is 12.8 Å². The smallest absolute Gasteiger partial charge is 0.472 e. The zero-order valence-corrected chi connectivity index (χ0v) is 31.6. The molecule has 0 saturated carbocycles. The lowest BCUT2D eigenvalue weighted by Gasteiger charge is -2.18. The molecule has 0 aliphatic rings. The first kappa shape index (κ1) is 47.4. The molecule has 0 aromatic carbocycles. The Balaban J connectivity index is 4.06. The van der Waals surface area contributed by atoms with Gasteiger partial charge < -0.3 is 25.2 Å². The maximum Gasteiger partial charge on any atom is 0.472 e. The fraction of sp³-hybridized carbons (Fsp3) is 0.711. The number of aliphatic carboxylic acids is 1. The molecule has 0 aromatic rings. The van der Waals surface area contributed by atoms with Crippen molar-refractivity contribution in [1.29, 1.82) is 0 Å².